The highest BCUT2D eigenvalue weighted by Gasteiger charge is 2.02. The van der Waals surface area contributed by atoms with E-state index in [-0.39, 0.29) is 5.75 Å². The fourth-order valence-electron chi connectivity index (χ4n) is 1.16. The zero-order valence-corrected chi connectivity index (χ0v) is 7.69. The number of phenolic OH excluding ortho intramolecular Hbond substituents is 1. The van der Waals surface area contributed by atoms with E-state index in [1.54, 1.807) is 24.4 Å². The van der Waals surface area contributed by atoms with E-state index >= 15 is 0 Å². The van der Waals surface area contributed by atoms with Crippen molar-refractivity contribution in [2.75, 3.05) is 5.32 Å². The van der Waals surface area contributed by atoms with Gasteiger partial charge in [0.15, 0.2) is 5.76 Å². The number of nitrogens with zero attached hydrogens (tertiary/aromatic N) is 1. The lowest BCUT2D eigenvalue weighted by Gasteiger charge is -2.03. The second-order valence-corrected chi connectivity index (χ2v) is 2.97. The highest BCUT2D eigenvalue weighted by molar-refractivity contribution is 5.61. The quantitative estimate of drug-likeness (QED) is 0.763. The van der Waals surface area contributed by atoms with Gasteiger partial charge in [-0.15, -0.1) is 0 Å². The number of aromatic hydroxyl groups is 1. The molecule has 0 saturated carbocycles. The maximum Gasteiger partial charge on any atom is 0.157 e. The van der Waals surface area contributed by atoms with Gasteiger partial charge in [0, 0.05) is 11.8 Å². The molecule has 4 heteroatoms. The van der Waals surface area contributed by atoms with Crippen molar-refractivity contribution in [3.63, 3.8) is 0 Å². The fraction of sp³-hybridized carbons (Fsp3) is 0.100. The summed E-state index contributed by atoms with van der Waals surface area (Å²) in [6.07, 6.45) is 1.60. The Bertz CT molecular complexity index is 437. The van der Waals surface area contributed by atoms with Gasteiger partial charge in [-0.2, -0.15) is 0 Å². The summed E-state index contributed by atoms with van der Waals surface area (Å²) in [7, 11) is 0. The predicted octanol–water partition coefficient (Wildman–Crippen LogP) is 2.43. The van der Waals surface area contributed by atoms with Crippen molar-refractivity contribution in [3.05, 3.63) is 36.2 Å². The molecular weight excluding hydrogens is 180 g/mol. The standard InChI is InChI=1S/C10H10N2O2/c1-7-10(6-11-14-7)12-8-3-2-4-9(13)5-8/h2-6,12-13H,1H3. The molecule has 0 aliphatic rings. The van der Waals surface area contributed by atoms with E-state index in [4.69, 9.17) is 4.52 Å². The van der Waals surface area contributed by atoms with Crippen molar-refractivity contribution in [2.24, 2.45) is 0 Å². The number of nitrogens with one attached hydrogen (secondary N) is 1. The molecule has 1 heterocycles. The van der Waals surface area contributed by atoms with E-state index in [0.29, 0.717) is 5.76 Å². The molecular formula is C10H10N2O2. The van der Waals surface area contributed by atoms with Crippen LogP contribution in [0.5, 0.6) is 5.75 Å². The lowest BCUT2D eigenvalue weighted by molar-refractivity contribution is 0.398. The van der Waals surface area contributed by atoms with Gasteiger partial charge in [-0.1, -0.05) is 11.2 Å². The maximum absolute atomic E-state index is 9.23. The summed E-state index contributed by atoms with van der Waals surface area (Å²) >= 11 is 0. The Morgan fingerprint density at radius 1 is 1.43 bits per heavy atom. The van der Waals surface area contributed by atoms with E-state index in [1.807, 2.05) is 13.0 Å². The van der Waals surface area contributed by atoms with Crippen molar-refractivity contribution in [1.29, 1.82) is 0 Å². The van der Waals surface area contributed by atoms with Gasteiger partial charge in [0.05, 0.1) is 6.20 Å². The van der Waals surface area contributed by atoms with Gasteiger partial charge in [0.25, 0.3) is 0 Å². The Morgan fingerprint density at radius 2 is 2.29 bits per heavy atom. The first kappa shape index (κ1) is 8.62. The summed E-state index contributed by atoms with van der Waals surface area (Å²) < 4.78 is 4.89. The van der Waals surface area contributed by atoms with Crippen LogP contribution in [0.4, 0.5) is 11.4 Å². The van der Waals surface area contributed by atoms with Crippen molar-refractivity contribution in [2.45, 2.75) is 6.92 Å². The van der Waals surface area contributed by atoms with Crippen LogP contribution < -0.4 is 5.32 Å². The topological polar surface area (TPSA) is 58.3 Å². The molecule has 0 saturated heterocycles. The van der Waals surface area contributed by atoms with Crippen LogP contribution in [0.15, 0.2) is 35.0 Å². The third-order valence-corrected chi connectivity index (χ3v) is 1.88. The van der Waals surface area contributed by atoms with Gasteiger partial charge in [0.2, 0.25) is 0 Å². The summed E-state index contributed by atoms with van der Waals surface area (Å²) in [4.78, 5) is 0. The first-order valence-corrected chi connectivity index (χ1v) is 4.23. The molecule has 0 amide bonds. The van der Waals surface area contributed by atoms with Crippen LogP contribution in [0, 0.1) is 6.92 Å². The summed E-state index contributed by atoms with van der Waals surface area (Å²) in [5.41, 5.74) is 1.60. The lowest BCUT2D eigenvalue weighted by Crippen LogP contribution is -1.89. The Hall–Kier alpha value is -1.97. The van der Waals surface area contributed by atoms with Crippen molar-refractivity contribution in [1.82, 2.24) is 5.16 Å². The molecule has 14 heavy (non-hydrogen) atoms. The van der Waals surface area contributed by atoms with E-state index in [1.165, 1.54) is 0 Å². The SMILES string of the molecule is Cc1oncc1Nc1cccc(O)c1. The van der Waals surface area contributed by atoms with Gasteiger partial charge >= 0.3 is 0 Å². The molecule has 0 atom stereocenters. The number of phenols is 1. The number of hydrogen-bond donors (Lipinski definition) is 2. The van der Waals surface area contributed by atoms with Crippen LogP contribution in [0.3, 0.4) is 0 Å². The molecule has 2 rings (SSSR count). The molecule has 0 unspecified atom stereocenters. The van der Waals surface area contributed by atoms with Gasteiger partial charge in [0.1, 0.15) is 11.4 Å². The first-order chi connectivity index (χ1) is 6.75. The van der Waals surface area contributed by atoms with Crippen LogP contribution in [0.2, 0.25) is 0 Å². The number of anilines is 2. The minimum atomic E-state index is 0.226. The zero-order valence-electron chi connectivity index (χ0n) is 7.69. The molecule has 0 fully saturated rings. The van der Waals surface area contributed by atoms with Crippen LogP contribution in [-0.4, -0.2) is 10.3 Å². The summed E-state index contributed by atoms with van der Waals surface area (Å²) in [6.45, 7) is 1.82. The predicted molar refractivity (Wildman–Crippen MR) is 52.6 cm³/mol. The molecule has 2 aromatic rings. The second-order valence-electron chi connectivity index (χ2n) is 2.97. The Labute approximate surface area is 81.2 Å². The Balaban J connectivity index is 2.23. The Morgan fingerprint density at radius 3 is 2.93 bits per heavy atom. The summed E-state index contributed by atoms with van der Waals surface area (Å²) in [5, 5.41) is 15.9. The number of hydrogen-bond acceptors (Lipinski definition) is 4. The lowest BCUT2D eigenvalue weighted by atomic mass is 10.3. The van der Waals surface area contributed by atoms with Crippen LogP contribution in [-0.2, 0) is 0 Å². The average molecular weight is 190 g/mol. The third kappa shape index (κ3) is 1.69. The normalized spacial score (nSPS) is 10.1. The number of aryl methyl sites for hydroxylation is 1. The molecule has 0 spiro atoms. The smallest absolute Gasteiger partial charge is 0.157 e. The number of aromatic nitrogens is 1. The molecule has 0 aliphatic carbocycles. The van der Waals surface area contributed by atoms with Gasteiger partial charge in [-0.3, -0.25) is 0 Å². The van der Waals surface area contributed by atoms with E-state index < -0.39 is 0 Å². The number of rotatable bonds is 2. The highest BCUT2D eigenvalue weighted by Crippen LogP contribution is 2.22. The molecule has 0 aliphatic heterocycles. The first-order valence-electron chi connectivity index (χ1n) is 4.23. The fourth-order valence-corrected chi connectivity index (χ4v) is 1.16. The van der Waals surface area contributed by atoms with E-state index in [9.17, 15) is 5.11 Å². The molecule has 4 nitrogen and oxygen atoms in total. The summed E-state index contributed by atoms with van der Waals surface area (Å²) in [6, 6.07) is 6.87. The maximum atomic E-state index is 9.23. The van der Waals surface area contributed by atoms with Gasteiger partial charge < -0.3 is 14.9 Å². The van der Waals surface area contributed by atoms with E-state index in [2.05, 4.69) is 10.5 Å². The largest absolute Gasteiger partial charge is 0.508 e. The van der Waals surface area contributed by atoms with Crippen LogP contribution in [0.25, 0.3) is 0 Å². The summed E-state index contributed by atoms with van der Waals surface area (Å²) in [5.74, 6) is 0.942. The van der Waals surface area contributed by atoms with Crippen LogP contribution in [0.1, 0.15) is 5.76 Å². The minimum Gasteiger partial charge on any atom is -0.508 e. The average Bonchev–Trinajstić information content (AvgIpc) is 2.52. The Kier molecular flexibility index (Phi) is 2.10. The molecule has 0 radical (unpaired) electrons. The van der Waals surface area contributed by atoms with Crippen LogP contribution >= 0.6 is 0 Å². The third-order valence-electron chi connectivity index (χ3n) is 1.88. The zero-order chi connectivity index (χ0) is 9.97. The molecule has 72 valence electrons. The second kappa shape index (κ2) is 3.41. The van der Waals surface area contributed by atoms with Crippen molar-refractivity contribution in [3.8, 4) is 5.75 Å². The number of benzene rings is 1. The van der Waals surface area contributed by atoms with Gasteiger partial charge in [-0.05, 0) is 19.1 Å². The molecule has 1 aromatic carbocycles. The van der Waals surface area contributed by atoms with Crippen molar-refractivity contribution < 1.29 is 9.63 Å². The minimum absolute atomic E-state index is 0.226. The van der Waals surface area contributed by atoms with E-state index in [0.717, 1.165) is 11.4 Å². The highest BCUT2D eigenvalue weighted by atomic mass is 16.5. The van der Waals surface area contributed by atoms with Crippen molar-refractivity contribution >= 4 is 11.4 Å². The molecule has 0 bridgehead atoms. The monoisotopic (exact) mass is 190 g/mol. The molecule has 1 aromatic heterocycles. The van der Waals surface area contributed by atoms with Gasteiger partial charge in [-0.25, -0.2) is 0 Å². The molecule has 2 N–H and O–H groups in total.